The van der Waals surface area contributed by atoms with Crippen LogP contribution in [0.15, 0.2) is 43.0 Å². The number of amides is 1. The fourth-order valence-electron chi connectivity index (χ4n) is 2.08. The molecule has 118 valence electrons. The molecule has 0 aromatic heterocycles. The van der Waals surface area contributed by atoms with Crippen LogP contribution in [0.5, 0.6) is 0 Å². The number of rotatable bonds is 6. The van der Waals surface area contributed by atoms with Crippen molar-refractivity contribution in [3.63, 3.8) is 0 Å². The van der Waals surface area contributed by atoms with Gasteiger partial charge in [0.1, 0.15) is 5.41 Å². The van der Waals surface area contributed by atoms with E-state index in [0.29, 0.717) is 5.56 Å². The molecular weight excluding hydrogens is 305 g/mol. The van der Waals surface area contributed by atoms with E-state index in [-0.39, 0.29) is 18.8 Å². The molecule has 0 bridgehead atoms. The zero-order chi connectivity index (χ0) is 15.2. The molecule has 0 spiro atoms. The van der Waals surface area contributed by atoms with Crippen LogP contribution in [-0.4, -0.2) is 12.1 Å². The Kier molecular flexibility index (Phi) is 7.46. The molecule has 0 saturated carbocycles. The highest BCUT2D eigenvalue weighted by Gasteiger charge is 2.59. The van der Waals surface area contributed by atoms with Crippen LogP contribution in [0, 0.1) is 5.41 Å². The number of carbonyl (C=O) groups excluding carboxylic acids is 1. The number of hydrogen-bond donors (Lipinski definition) is 2. The maximum absolute atomic E-state index is 13.5. The highest BCUT2D eigenvalue weighted by molar-refractivity contribution is 5.85. The van der Waals surface area contributed by atoms with Crippen molar-refractivity contribution in [2.24, 2.45) is 11.3 Å². The van der Waals surface area contributed by atoms with E-state index in [1.165, 1.54) is 6.08 Å². The molecule has 21 heavy (non-hydrogen) atoms. The average molecular weight is 323 g/mol. The van der Waals surface area contributed by atoms with Gasteiger partial charge < -0.3 is 0 Å². The Bertz CT molecular complexity index is 465. The monoisotopic (exact) mass is 322 g/mol. The Balaban J connectivity index is 0.00000400. The molecule has 1 aromatic rings. The van der Waals surface area contributed by atoms with E-state index in [4.69, 9.17) is 5.84 Å². The van der Waals surface area contributed by atoms with Crippen LogP contribution in [0.4, 0.5) is 13.2 Å². The first-order chi connectivity index (χ1) is 9.37. The lowest BCUT2D eigenvalue weighted by Gasteiger charge is -2.33. The maximum atomic E-state index is 13.5. The number of nitrogens with two attached hydrogens (primary N) is 1. The number of hydrazine groups is 1. The molecule has 1 amide bonds. The summed E-state index contributed by atoms with van der Waals surface area (Å²) in [4.78, 5) is 11.8. The van der Waals surface area contributed by atoms with Crippen LogP contribution in [0.3, 0.4) is 0 Å². The molecule has 3 nitrogen and oxygen atoms in total. The van der Waals surface area contributed by atoms with Crippen LogP contribution in [0.1, 0.15) is 18.4 Å². The van der Waals surface area contributed by atoms with Crippen LogP contribution in [0.2, 0.25) is 0 Å². The SMILES string of the molecule is C=CCC[C@@](Cc1ccccc1)(C(=O)NN)C(F)(F)F.Cl. The quantitative estimate of drug-likeness (QED) is 0.366. The third kappa shape index (κ3) is 4.47. The van der Waals surface area contributed by atoms with E-state index >= 15 is 0 Å². The van der Waals surface area contributed by atoms with Crippen molar-refractivity contribution in [2.75, 3.05) is 0 Å². The van der Waals surface area contributed by atoms with Crippen LogP contribution >= 0.6 is 12.4 Å². The average Bonchev–Trinajstić information content (AvgIpc) is 2.42. The number of halogens is 4. The number of hydrogen-bond acceptors (Lipinski definition) is 2. The Hall–Kier alpha value is -1.53. The van der Waals surface area contributed by atoms with Crippen LogP contribution in [-0.2, 0) is 11.2 Å². The molecule has 7 heteroatoms. The predicted octanol–water partition coefficient (Wildman–Crippen LogP) is 3.16. The second-order valence-electron chi connectivity index (χ2n) is 4.54. The summed E-state index contributed by atoms with van der Waals surface area (Å²) in [6.45, 7) is 3.41. The summed E-state index contributed by atoms with van der Waals surface area (Å²) in [7, 11) is 0. The first-order valence-electron chi connectivity index (χ1n) is 6.10. The minimum Gasteiger partial charge on any atom is -0.293 e. The summed E-state index contributed by atoms with van der Waals surface area (Å²) in [5.74, 6) is 3.73. The van der Waals surface area contributed by atoms with Crippen LogP contribution in [0.25, 0.3) is 0 Å². The minimum atomic E-state index is -4.70. The van der Waals surface area contributed by atoms with Gasteiger partial charge in [0.15, 0.2) is 0 Å². The van der Waals surface area contributed by atoms with Gasteiger partial charge in [0.2, 0.25) is 5.91 Å². The molecular formula is C14H18ClF3N2O. The first-order valence-corrected chi connectivity index (χ1v) is 6.10. The number of allylic oxidation sites excluding steroid dienone is 1. The summed E-state index contributed by atoms with van der Waals surface area (Å²) in [6.07, 6.45) is -4.11. The lowest BCUT2D eigenvalue weighted by molar-refractivity contribution is -0.223. The van der Waals surface area contributed by atoms with Crippen molar-refractivity contribution in [3.8, 4) is 0 Å². The molecule has 0 unspecified atom stereocenters. The van der Waals surface area contributed by atoms with Gasteiger partial charge in [0, 0.05) is 0 Å². The summed E-state index contributed by atoms with van der Waals surface area (Å²) in [6, 6.07) is 8.07. The van der Waals surface area contributed by atoms with Crippen molar-refractivity contribution in [3.05, 3.63) is 48.6 Å². The third-order valence-electron chi connectivity index (χ3n) is 3.23. The van der Waals surface area contributed by atoms with E-state index in [1.54, 1.807) is 35.8 Å². The second-order valence-corrected chi connectivity index (χ2v) is 4.54. The topological polar surface area (TPSA) is 55.1 Å². The van der Waals surface area contributed by atoms with Crippen LogP contribution < -0.4 is 11.3 Å². The van der Waals surface area contributed by atoms with Gasteiger partial charge in [-0.15, -0.1) is 19.0 Å². The normalized spacial score (nSPS) is 13.7. The smallest absolute Gasteiger partial charge is 0.293 e. The van der Waals surface area contributed by atoms with Crippen molar-refractivity contribution in [1.29, 1.82) is 0 Å². The van der Waals surface area contributed by atoms with Gasteiger partial charge >= 0.3 is 6.18 Å². The second kappa shape index (κ2) is 8.05. The highest BCUT2D eigenvalue weighted by atomic mass is 35.5. The fraction of sp³-hybridized carbons (Fsp3) is 0.357. The number of benzene rings is 1. The summed E-state index contributed by atoms with van der Waals surface area (Å²) in [5.41, 5.74) is -0.468. The van der Waals surface area contributed by atoms with Gasteiger partial charge in [0.25, 0.3) is 0 Å². The molecule has 1 rings (SSSR count). The lowest BCUT2D eigenvalue weighted by Crippen LogP contribution is -2.54. The van der Waals surface area contributed by atoms with Crippen molar-refractivity contribution >= 4 is 18.3 Å². The largest absolute Gasteiger partial charge is 0.403 e. The Labute approximate surface area is 127 Å². The Morgan fingerprint density at radius 3 is 2.29 bits per heavy atom. The summed E-state index contributed by atoms with van der Waals surface area (Å²) in [5, 5.41) is 0. The van der Waals surface area contributed by atoms with E-state index in [2.05, 4.69) is 6.58 Å². The van der Waals surface area contributed by atoms with Gasteiger partial charge in [-0.3, -0.25) is 10.2 Å². The molecule has 0 aliphatic heterocycles. The third-order valence-corrected chi connectivity index (χ3v) is 3.23. The standard InChI is InChI=1S/C14H17F3N2O.ClH/c1-2-3-9-13(12(20)19-18,14(15,16)17)10-11-7-5-4-6-8-11;/h2,4-8H,1,3,9-10,18H2,(H,19,20);1H/t13-;/m1./s1. The van der Waals surface area contributed by atoms with E-state index < -0.39 is 30.3 Å². The maximum Gasteiger partial charge on any atom is 0.403 e. The number of alkyl halides is 3. The van der Waals surface area contributed by atoms with Crippen molar-refractivity contribution < 1.29 is 18.0 Å². The fourth-order valence-corrected chi connectivity index (χ4v) is 2.08. The predicted molar refractivity (Wildman–Crippen MR) is 77.6 cm³/mol. The van der Waals surface area contributed by atoms with Gasteiger partial charge in [0.05, 0.1) is 0 Å². The summed E-state index contributed by atoms with van der Waals surface area (Å²) < 4.78 is 40.4. The molecule has 1 atom stereocenters. The van der Waals surface area contributed by atoms with Gasteiger partial charge in [-0.2, -0.15) is 13.2 Å². The van der Waals surface area contributed by atoms with Gasteiger partial charge in [-0.05, 0) is 24.8 Å². The Morgan fingerprint density at radius 1 is 1.29 bits per heavy atom. The highest BCUT2D eigenvalue weighted by Crippen LogP contribution is 2.45. The molecule has 0 aliphatic rings. The molecule has 0 fully saturated rings. The molecule has 0 saturated heterocycles. The first kappa shape index (κ1) is 19.5. The zero-order valence-electron chi connectivity index (χ0n) is 11.3. The molecule has 0 aliphatic carbocycles. The Morgan fingerprint density at radius 2 is 1.86 bits per heavy atom. The van der Waals surface area contributed by atoms with Gasteiger partial charge in [-0.1, -0.05) is 36.4 Å². The zero-order valence-corrected chi connectivity index (χ0v) is 12.1. The van der Waals surface area contributed by atoms with E-state index in [0.717, 1.165) is 0 Å². The van der Waals surface area contributed by atoms with Crippen molar-refractivity contribution in [2.45, 2.75) is 25.4 Å². The van der Waals surface area contributed by atoms with E-state index in [9.17, 15) is 18.0 Å². The van der Waals surface area contributed by atoms with E-state index in [1.807, 2.05) is 0 Å². The molecule has 0 radical (unpaired) electrons. The number of carbonyl (C=O) groups is 1. The molecule has 3 N–H and O–H groups in total. The van der Waals surface area contributed by atoms with Crippen molar-refractivity contribution in [1.82, 2.24) is 5.43 Å². The molecule has 0 heterocycles. The number of nitrogens with one attached hydrogen (secondary N) is 1. The van der Waals surface area contributed by atoms with Gasteiger partial charge in [-0.25, -0.2) is 5.84 Å². The lowest BCUT2D eigenvalue weighted by atomic mass is 9.76. The summed E-state index contributed by atoms with van der Waals surface area (Å²) >= 11 is 0. The molecule has 1 aromatic carbocycles. The minimum absolute atomic E-state index is 0.